The van der Waals surface area contributed by atoms with Gasteiger partial charge in [-0.3, -0.25) is 9.69 Å². The van der Waals surface area contributed by atoms with Crippen LogP contribution in [0.25, 0.3) is 0 Å². The predicted molar refractivity (Wildman–Crippen MR) is 81.8 cm³/mol. The summed E-state index contributed by atoms with van der Waals surface area (Å²) in [6.07, 6.45) is 4.32. The van der Waals surface area contributed by atoms with E-state index in [0.717, 1.165) is 39.1 Å². The molecule has 2 heterocycles. The molecule has 116 valence electrons. The normalized spacial score (nSPS) is 26.0. The Morgan fingerprint density at radius 3 is 2.65 bits per heavy atom. The van der Waals surface area contributed by atoms with Crippen LogP contribution in [-0.4, -0.2) is 86.6 Å². The highest BCUT2D eigenvalue weighted by molar-refractivity contribution is 5.75. The van der Waals surface area contributed by atoms with Crippen molar-refractivity contribution in [1.82, 2.24) is 20.0 Å². The quantitative estimate of drug-likeness (QED) is 0.757. The molecular weight excluding hydrogens is 252 g/mol. The summed E-state index contributed by atoms with van der Waals surface area (Å²) in [4.78, 5) is 19.0. The van der Waals surface area contributed by atoms with E-state index in [2.05, 4.69) is 34.1 Å². The SMILES string of the molecule is CN1CCN(C)C(CNC(=O)CCCN2CCCC2)C1. The average Bonchev–Trinajstić information content (AvgIpc) is 2.93. The topological polar surface area (TPSA) is 38.8 Å². The fraction of sp³-hybridized carbons (Fsp3) is 0.933. The molecule has 0 spiro atoms. The van der Waals surface area contributed by atoms with Gasteiger partial charge in [-0.2, -0.15) is 0 Å². The van der Waals surface area contributed by atoms with E-state index in [4.69, 9.17) is 0 Å². The van der Waals surface area contributed by atoms with Gasteiger partial charge in [0.05, 0.1) is 0 Å². The first-order chi connectivity index (χ1) is 9.65. The van der Waals surface area contributed by atoms with Gasteiger partial charge < -0.3 is 15.1 Å². The number of amides is 1. The maximum atomic E-state index is 11.9. The molecule has 0 saturated carbocycles. The highest BCUT2D eigenvalue weighted by Crippen LogP contribution is 2.08. The smallest absolute Gasteiger partial charge is 0.220 e. The molecule has 5 nitrogen and oxygen atoms in total. The molecular formula is C15H30N4O. The second-order valence-corrected chi connectivity index (χ2v) is 6.35. The van der Waals surface area contributed by atoms with Gasteiger partial charge in [0.25, 0.3) is 0 Å². The molecule has 0 bridgehead atoms. The van der Waals surface area contributed by atoms with Gasteiger partial charge in [-0.25, -0.2) is 0 Å². The first-order valence-corrected chi connectivity index (χ1v) is 8.03. The van der Waals surface area contributed by atoms with Crippen LogP contribution in [0.4, 0.5) is 0 Å². The van der Waals surface area contributed by atoms with Gasteiger partial charge >= 0.3 is 0 Å². The molecule has 2 fully saturated rings. The Morgan fingerprint density at radius 2 is 1.90 bits per heavy atom. The monoisotopic (exact) mass is 282 g/mol. The zero-order valence-electron chi connectivity index (χ0n) is 13.1. The van der Waals surface area contributed by atoms with Crippen molar-refractivity contribution >= 4 is 5.91 Å². The number of likely N-dealkylation sites (tertiary alicyclic amines) is 1. The first-order valence-electron chi connectivity index (χ1n) is 8.03. The molecule has 2 saturated heterocycles. The third-order valence-corrected chi connectivity index (χ3v) is 4.59. The molecule has 0 aromatic heterocycles. The third kappa shape index (κ3) is 5.04. The van der Waals surface area contributed by atoms with E-state index >= 15 is 0 Å². The molecule has 2 aliphatic heterocycles. The predicted octanol–water partition coefficient (Wildman–Crippen LogP) is 0.224. The second-order valence-electron chi connectivity index (χ2n) is 6.35. The average molecular weight is 282 g/mol. The summed E-state index contributed by atoms with van der Waals surface area (Å²) in [6, 6.07) is 0.455. The Bertz CT molecular complexity index is 304. The molecule has 5 heteroatoms. The van der Waals surface area contributed by atoms with Crippen LogP contribution in [0.2, 0.25) is 0 Å². The highest BCUT2D eigenvalue weighted by atomic mass is 16.1. The Kier molecular flexibility index (Phi) is 6.26. The summed E-state index contributed by atoms with van der Waals surface area (Å²) in [7, 11) is 4.30. The molecule has 0 aromatic carbocycles. The fourth-order valence-electron chi connectivity index (χ4n) is 3.11. The van der Waals surface area contributed by atoms with Gasteiger partial charge in [-0.1, -0.05) is 0 Å². The highest BCUT2D eigenvalue weighted by Gasteiger charge is 2.22. The Hall–Kier alpha value is -0.650. The summed E-state index contributed by atoms with van der Waals surface area (Å²) in [5.41, 5.74) is 0. The van der Waals surface area contributed by atoms with E-state index in [1.54, 1.807) is 0 Å². The van der Waals surface area contributed by atoms with Crippen LogP contribution < -0.4 is 5.32 Å². The molecule has 1 unspecified atom stereocenters. The van der Waals surface area contributed by atoms with E-state index < -0.39 is 0 Å². The van der Waals surface area contributed by atoms with Gasteiger partial charge in [0, 0.05) is 38.6 Å². The van der Waals surface area contributed by atoms with Crippen molar-refractivity contribution in [2.75, 3.05) is 59.9 Å². The second kappa shape index (κ2) is 7.96. The molecule has 1 amide bonds. The lowest BCUT2D eigenvalue weighted by Crippen LogP contribution is -2.54. The number of likely N-dealkylation sites (N-methyl/N-ethyl adjacent to an activating group) is 2. The van der Waals surface area contributed by atoms with Crippen LogP contribution in [0, 0.1) is 0 Å². The van der Waals surface area contributed by atoms with Crippen molar-refractivity contribution in [3.8, 4) is 0 Å². The summed E-state index contributed by atoms with van der Waals surface area (Å²) >= 11 is 0. The van der Waals surface area contributed by atoms with Crippen molar-refractivity contribution in [3.05, 3.63) is 0 Å². The minimum absolute atomic E-state index is 0.214. The van der Waals surface area contributed by atoms with E-state index in [9.17, 15) is 4.79 Å². The fourth-order valence-corrected chi connectivity index (χ4v) is 3.11. The number of nitrogens with zero attached hydrogens (tertiary/aromatic N) is 3. The van der Waals surface area contributed by atoms with Crippen molar-refractivity contribution in [2.45, 2.75) is 31.7 Å². The number of hydrogen-bond acceptors (Lipinski definition) is 4. The first kappa shape index (κ1) is 15.7. The largest absolute Gasteiger partial charge is 0.354 e. The van der Waals surface area contributed by atoms with Gasteiger partial charge in [-0.05, 0) is 53.0 Å². The van der Waals surface area contributed by atoms with E-state index in [1.807, 2.05) is 0 Å². The van der Waals surface area contributed by atoms with Crippen molar-refractivity contribution < 1.29 is 4.79 Å². The minimum atomic E-state index is 0.214. The van der Waals surface area contributed by atoms with Crippen molar-refractivity contribution in [3.63, 3.8) is 0 Å². The van der Waals surface area contributed by atoms with E-state index in [1.165, 1.54) is 25.9 Å². The molecule has 2 rings (SSSR count). The molecule has 0 aromatic rings. The van der Waals surface area contributed by atoms with Crippen LogP contribution >= 0.6 is 0 Å². The summed E-state index contributed by atoms with van der Waals surface area (Å²) < 4.78 is 0. The summed E-state index contributed by atoms with van der Waals surface area (Å²) in [6.45, 7) is 7.57. The lowest BCUT2D eigenvalue weighted by atomic mass is 10.2. The lowest BCUT2D eigenvalue weighted by Gasteiger charge is -2.37. The number of piperazine rings is 1. The van der Waals surface area contributed by atoms with Gasteiger partial charge in [-0.15, -0.1) is 0 Å². The maximum Gasteiger partial charge on any atom is 0.220 e. The maximum absolute atomic E-state index is 11.9. The molecule has 20 heavy (non-hydrogen) atoms. The molecule has 1 atom stereocenters. The number of hydrogen-bond donors (Lipinski definition) is 1. The zero-order valence-corrected chi connectivity index (χ0v) is 13.1. The molecule has 2 aliphatic rings. The standard InChI is InChI=1S/C15H30N4O/c1-17-10-11-18(2)14(13-17)12-16-15(20)6-5-9-19-7-3-4-8-19/h14H,3-13H2,1-2H3,(H,16,20). The Labute approximate surface area is 123 Å². The third-order valence-electron chi connectivity index (χ3n) is 4.59. The number of carbonyl (C=O) groups excluding carboxylic acids is 1. The number of rotatable bonds is 6. The van der Waals surface area contributed by atoms with E-state index in [-0.39, 0.29) is 5.91 Å². The lowest BCUT2D eigenvalue weighted by molar-refractivity contribution is -0.121. The van der Waals surface area contributed by atoms with Gasteiger partial charge in [0.1, 0.15) is 0 Å². The number of carbonyl (C=O) groups is 1. The van der Waals surface area contributed by atoms with Gasteiger partial charge in [0.2, 0.25) is 5.91 Å². The van der Waals surface area contributed by atoms with Crippen LogP contribution in [0.5, 0.6) is 0 Å². The molecule has 0 radical (unpaired) electrons. The molecule has 0 aliphatic carbocycles. The Balaban J connectivity index is 1.57. The van der Waals surface area contributed by atoms with Crippen LogP contribution in [0.3, 0.4) is 0 Å². The number of nitrogens with one attached hydrogen (secondary N) is 1. The van der Waals surface area contributed by atoms with E-state index in [0.29, 0.717) is 12.5 Å². The minimum Gasteiger partial charge on any atom is -0.354 e. The van der Waals surface area contributed by atoms with Crippen LogP contribution in [0.15, 0.2) is 0 Å². The van der Waals surface area contributed by atoms with Crippen molar-refractivity contribution in [2.24, 2.45) is 0 Å². The molecule has 1 N–H and O–H groups in total. The van der Waals surface area contributed by atoms with Crippen molar-refractivity contribution in [1.29, 1.82) is 0 Å². The van der Waals surface area contributed by atoms with Crippen LogP contribution in [0.1, 0.15) is 25.7 Å². The summed E-state index contributed by atoms with van der Waals surface area (Å²) in [5, 5.41) is 3.10. The summed E-state index contributed by atoms with van der Waals surface area (Å²) in [5.74, 6) is 0.214. The van der Waals surface area contributed by atoms with Crippen LogP contribution in [-0.2, 0) is 4.79 Å². The van der Waals surface area contributed by atoms with Gasteiger partial charge in [0.15, 0.2) is 0 Å². The zero-order chi connectivity index (χ0) is 14.4. The Morgan fingerprint density at radius 1 is 1.15 bits per heavy atom.